The zero-order chi connectivity index (χ0) is 11.4. The maximum absolute atomic E-state index is 11.2. The molecule has 0 fully saturated rings. The highest BCUT2D eigenvalue weighted by Crippen LogP contribution is 2.18. The number of carbonyl (C=O) groups is 1. The van der Waals surface area contributed by atoms with E-state index in [0.717, 1.165) is 5.56 Å². The van der Waals surface area contributed by atoms with Gasteiger partial charge in [-0.25, -0.2) is 4.99 Å². The van der Waals surface area contributed by atoms with Crippen molar-refractivity contribution in [2.24, 2.45) is 4.99 Å². The van der Waals surface area contributed by atoms with E-state index in [2.05, 4.69) is 16.9 Å². The van der Waals surface area contributed by atoms with Crippen LogP contribution in [0.1, 0.15) is 5.56 Å². The minimum absolute atomic E-state index is 0.244. The van der Waals surface area contributed by atoms with Crippen LogP contribution in [0, 0.1) is 0 Å². The van der Waals surface area contributed by atoms with Crippen molar-refractivity contribution in [1.29, 1.82) is 0 Å². The number of hydrogen-bond donors (Lipinski definition) is 1. The summed E-state index contributed by atoms with van der Waals surface area (Å²) >= 11 is 0. The van der Waals surface area contributed by atoms with E-state index in [4.69, 9.17) is 4.74 Å². The third-order valence-corrected chi connectivity index (χ3v) is 2.19. The quantitative estimate of drug-likeness (QED) is 0.780. The van der Waals surface area contributed by atoms with Crippen molar-refractivity contribution in [2.75, 3.05) is 18.5 Å². The number of anilines is 1. The van der Waals surface area contributed by atoms with Crippen molar-refractivity contribution in [2.45, 2.75) is 0 Å². The van der Waals surface area contributed by atoms with Gasteiger partial charge in [0, 0.05) is 0 Å². The van der Waals surface area contributed by atoms with Gasteiger partial charge >= 0.3 is 0 Å². The van der Waals surface area contributed by atoms with E-state index in [-0.39, 0.29) is 5.91 Å². The normalized spacial score (nSPS) is 13.9. The SMILES string of the molecule is C=CC(=O)Nc1ccccc1C1=NCCO1. The summed E-state index contributed by atoms with van der Waals surface area (Å²) in [7, 11) is 0. The van der Waals surface area contributed by atoms with Crippen LogP contribution in [0.4, 0.5) is 5.69 Å². The smallest absolute Gasteiger partial charge is 0.247 e. The zero-order valence-corrected chi connectivity index (χ0v) is 8.77. The highest BCUT2D eigenvalue weighted by Gasteiger charge is 2.14. The number of para-hydroxylation sites is 1. The highest BCUT2D eigenvalue weighted by molar-refractivity contribution is 6.06. The Kier molecular flexibility index (Phi) is 3.00. The Balaban J connectivity index is 2.30. The molecule has 4 heteroatoms. The number of aliphatic imine (C=N–C) groups is 1. The zero-order valence-electron chi connectivity index (χ0n) is 8.77. The molecule has 0 spiro atoms. The minimum atomic E-state index is -0.244. The molecule has 0 aromatic heterocycles. The molecular formula is C12H12N2O2. The van der Waals surface area contributed by atoms with Gasteiger partial charge in [0.2, 0.25) is 11.8 Å². The predicted octanol–water partition coefficient (Wildman–Crippen LogP) is 1.59. The molecule has 0 saturated heterocycles. The van der Waals surface area contributed by atoms with Gasteiger partial charge < -0.3 is 10.1 Å². The molecule has 0 bridgehead atoms. The Morgan fingerprint density at radius 1 is 1.50 bits per heavy atom. The molecule has 2 rings (SSSR count). The number of ether oxygens (including phenoxy) is 1. The number of amides is 1. The fourth-order valence-electron chi connectivity index (χ4n) is 1.46. The molecular weight excluding hydrogens is 204 g/mol. The van der Waals surface area contributed by atoms with Gasteiger partial charge in [0.1, 0.15) is 6.61 Å². The number of nitrogens with zero attached hydrogens (tertiary/aromatic N) is 1. The summed E-state index contributed by atoms with van der Waals surface area (Å²) in [6.45, 7) is 4.67. The molecule has 0 radical (unpaired) electrons. The van der Waals surface area contributed by atoms with Crippen LogP contribution < -0.4 is 5.32 Å². The first-order valence-corrected chi connectivity index (χ1v) is 5.01. The van der Waals surface area contributed by atoms with Gasteiger partial charge in [0.25, 0.3) is 0 Å². The number of nitrogens with one attached hydrogen (secondary N) is 1. The van der Waals surface area contributed by atoms with E-state index in [0.29, 0.717) is 24.7 Å². The molecule has 1 aliphatic rings. The van der Waals surface area contributed by atoms with E-state index < -0.39 is 0 Å². The van der Waals surface area contributed by atoms with Crippen LogP contribution in [0.15, 0.2) is 41.9 Å². The molecule has 0 unspecified atom stereocenters. The first kappa shape index (κ1) is 10.4. The summed E-state index contributed by atoms with van der Waals surface area (Å²) in [5.41, 5.74) is 1.49. The van der Waals surface area contributed by atoms with E-state index in [9.17, 15) is 4.79 Å². The second kappa shape index (κ2) is 4.61. The first-order chi connectivity index (χ1) is 7.81. The average molecular weight is 216 g/mol. The second-order valence-electron chi connectivity index (χ2n) is 3.27. The Labute approximate surface area is 93.6 Å². The lowest BCUT2D eigenvalue weighted by Crippen LogP contribution is -2.12. The lowest BCUT2D eigenvalue weighted by molar-refractivity contribution is -0.111. The van der Waals surface area contributed by atoms with Crippen molar-refractivity contribution < 1.29 is 9.53 Å². The molecule has 1 amide bonds. The number of hydrogen-bond acceptors (Lipinski definition) is 3. The van der Waals surface area contributed by atoms with E-state index >= 15 is 0 Å². The summed E-state index contributed by atoms with van der Waals surface area (Å²) in [4.78, 5) is 15.5. The van der Waals surface area contributed by atoms with Gasteiger partial charge in [-0.15, -0.1) is 0 Å². The molecule has 82 valence electrons. The Hall–Kier alpha value is -2.10. The van der Waals surface area contributed by atoms with E-state index in [1.54, 1.807) is 6.07 Å². The summed E-state index contributed by atoms with van der Waals surface area (Å²) in [6.07, 6.45) is 1.23. The van der Waals surface area contributed by atoms with Gasteiger partial charge in [-0.05, 0) is 18.2 Å². The fourth-order valence-corrected chi connectivity index (χ4v) is 1.46. The van der Waals surface area contributed by atoms with Crippen molar-refractivity contribution >= 4 is 17.5 Å². The molecule has 0 saturated carbocycles. The van der Waals surface area contributed by atoms with Crippen LogP contribution >= 0.6 is 0 Å². The van der Waals surface area contributed by atoms with Gasteiger partial charge in [-0.2, -0.15) is 0 Å². The summed E-state index contributed by atoms with van der Waals surface area (Å²) in [6, 6.07) is 7.39. The lowest BCUT2D eigenvalue weighted by Gasteiger charge is -2.09. The van der Waals surface area contributed by atoms with Gasteiger partial charge in [-0.3, -0.25) is 4.79 Å². The molecule has 1 aliphatic heterocycles. The van der Waals surface area contributed by atoms with Gasteiger partial charge in [-0.1, -0.05) is 18.7 Å². The molecule has 1 aromatic rings. The number of carbonyl (C=O) groups excluding carboxylic acids is 1. The van der Waals surface area contributed by atoms with Crippen LogP contribution in [-0.4, -0.2) is 25.0 Å². The van der Waals surface area contributed by atoms with Crippen molar-refractivity contribution in [3.05, 3.63) is 42.5 Å². The number of rotatable bonds is 3. The maximum Gasteiger partial charge on any atom is 0.247 e. The summed E-state index contributed by atoms with van der Waals surface area (Å²) in [5, 5.41) is 2.72. The lowest BCUT2D eigenvalue weighted by atomic mass is 10.1. The van der Waals surface area contributed by atoms with Gasteiger partial charge in [0.15, 0.2) is 0 Å². The highest BCUT2D eigenvalue weighted by atomic mass is 16.5. The molecule has 16 heavy (non-hydrogen) atoms. The first-order valence-electron chi connectivity index (χ1n) is 5.01. The van der Waals surface area contributed by atoms with Crippen LogP contribution in [-0.2, 0) is 9.53 Å². The molecule has 1 N–H and O–H groups in total. The van der Waals surface area contributed by atoms with E-state index in [1.165, 1.54) is 6.08 Å². The van der Waals surface area contributed by atoms with Crippen LogP contribution in [0.3, 0.4) is 0 Å². The third-order valence-electron chi connectivity index (χ3n) is 2.19. The van der Waals surface area contributed by atoms with Crippen LogP contribution in [0.2, 0.25) is 0 Å². The topological polar surface area (TPSA) is 50.7 Å². The molecule has 1 aromatic carbocycles. The third kappa shape index (κ3) is 2.11. The summed E-state index contributed by atoms with van der Waals surface area (Å²) < 4.78 is 5.37. The Morgan fingerprint density at radius 2 is 2.31 bits per heavy atom. The molecule has 1 heterocycles. The van der Waals surface area contributed by atoms with Gasteiger partial charge in [0.05, 0.1) is 17.8 Å². The Morgan fingerprint density at radius 3 is 3.00 bits per heavy atom. The molecule has 4 nitrogen and oxygen atoms in total. The summed E-state index contributed by atoms with van der Waals surface area (Å²) in [5.74, 6) is 0.339. The Bertz CT molecular complexity index is 452. The maximum atomic E-state index is 11.2. The second-order valence-corrected chi connectivity index (χ2v) is 3.27. The van der Waals surface area contributed by atoms with Crippen molar-refractivity contribution in [3.63, 3.8) is 0 Å². The fraction of sp³-hybridized carbons (Fsp3) is 0.167. The largest absolute Gasteiger partial charge is 0.475 e. The van der Waals surface area contributed by atoms with Crippen molar-refractivity contribution in [1.82, 2.24) is 0 Å². The molecule has 0 aliphatic carbocycles. The van der Waals surface area contributed by atoms with E-state index in [1.807, 2.05) is 18.2 Å². The standard InChI is InChI=1S/C12H12N2O2/c1-2-11(15)14-10-6-4-3-5-9(10)12-13-7-8-16-12/h2-6H,1,7-8H2,(H,14,15). The predicted molar refractivity (Wildman–Crippen MR) is 62.6 cm³/mol. The molecule has 0 atom stereocenters. The van der Waals surface area contributed by atoms with Crippen LogP contribution in [0.5, 0.6) is 0 Å². The average Bonchev–Trinajstić information content (AvgIpc) is 2.83. The monoisotopic (exact) mass is 216 g/mol. The van der Waals surface area contributed by atoms with Crippen LogP contribution in [0.25, 0.3) is 0 Å². The minimum Gasteiger partial charge on any atom is -0.475 e. The number of benzene rings is 1. The van der Waals surface area contributed by atoms with Crippen molar-refractivity contribution in [3.8, 4) is 0 Å².